The van der Waals surface area contributed by atoms with E-state index < -0.39 is 12.1 Å². The minimum Gasteiger partial charge on any atom is -0.479 e. The number of hydrogen-bond donors (Lipinski definition) is 2. The second-order valence-corrected chi connectivity index (χ2v) is 3.41. The molecule has 0 aliphatic rings. The van der Waals surface area contributed by atoms with Gasteiger partial charge in [-0.3, -0.25) is 0 Å². The fourth-order valence-corrected chi connectivity index (χ4v) is 1.24. The molecule has 0 heterocycles. The van der Waals surface area contributed by atoms with E-state index in [-0.39, 0.29) is 21.7 Å². The van der Waals surface area contributed by atoms with Crippen molar-refractivity contribution in [2.24, 2.45) is 0 Å². The van der Waals surface area contributed by atoms with Gasteiger partial charge < -0.3 is 10.2 Å². The van der Waals surface area contributed by atoms with Crippen molar-refractivity contribution in [3.05, 3.63) is 0 Å². The number of unbranched alkanes of at least 4 members (excludes halogenated alkanes) is 5. The number of aliphatic hydroxyl groups is 1. The van der Waals surface area contributed by atoms with Crippen LogP contribution in [0.3, 0.4) is 0 Å². The molecule has 2 N–H and O–H groups in total. The van der Waals surface area contributed by atoms with Crippen LogP contribution >= 0.6 is 0 Å². The summed E-state index contributed by atoms with van der Waals surface area (Å²) in [6, 6.07) is 0. The maximum atomic E-state index is 10.2. The van der Waals surface area contributed by atoms with Crippen LogP contribution in [0.2, 0.25) is 0 Å². The molecule has 0 saturated heterocycles. The van der Waals surface area contributed by atoms with Gasteiger partial charge in [0.1, 0.15) is 0 Å². The average Bonchev–Trinajstić information content (AvgIpc) is 2.10. The van der Waals surface area contributed by atoms with E-state index in [0.717, 1.165) is 19.3 Å². The summed E-state index contributed by atoms with van der Waals surface area (Å²) in [5.41, 5.74) is 0. The van der Waals surface area contributed by atoms with Gasteiger partial charge >= 0.3 is 5.97 Å². The molecule has 14 heavy (non-hydrogen) atoms. The number of hydrogen-bond acceptors (Lipinski definition) is 2. The molecule has 0 radical (unpaired) electrons. The third-order valence-electron chi connectivity index (χ3n) is 2.12. The van der Waals surface area contributed by atoms with Crippen molar-refractivity contribution in [1.82, 2.24) is 0 Å². The maximum absolute atomic E-state index is 10.2. The van der Waals surface area contributed by atoms with Crippen LogP contribution in [0.25, 0.3) is 0 Å². The van der Waals surface area contributed by atoms with Gasteiger partial charge in [0.25, 0.3) is 0 Å². The normalized spacial score (nSPS) is 11.9. The third kappa shape index (κ3) is 10.2. The van der Waals surface area contributed by atoms with E-state index in [0.29, 0.717) is 6.42 Å². The SMILES string of the molecule is CCCCCCCCC(O)C(=O)O.[Ti]. The summed E-state index contributed by atoms with van der Waals surface area (Å²) in [6.45, 7) is 2.16. The molecule has 0 aliphatic carbocycles. The quantitative estimate of drug-likeness (QED) is 0.501. The standard InChI is InChI=1S/C10H20O3.Ti/c1-2-3-4-5-6-7-8-9(11)10(12)13;/h9,11H,2-8H2,1H3,(H,12,13);. The smallest absolute Gasteiger partial charge is 0.332 e. The Labute approximate surface area is 101 Å². The minimum atomic E-state index is -1.16. The Bertz CT molecular complexity index is 139. The van der Waals surface area contributed by atoms with Crippen molar-refractivity contribution in [2.75, 3.05) is 0 Å². The summed E-state index contributed by atoms with van der Waals surface area (Å²) in [7, 11) is 0. The molecule has 0 bridgehead atoms. The number of aliphatic hydroxyl groups excluding tert-OH is 1. The molecule has 3 nitrogen and oxygen atoms in total. The minimum absolute atomic E-state index is 0. The molecule has 82 valence electrons. The summed E-state index contributed by atoms with van der Waals surface area (Å²) in [6.07, 6.45) is 5.92. The molecule has 0 saturated carbocycles. The average molecular weight is 236 g/mol. The fourth-order valence-electron chi connectivity index (χ4n) is 1.24. The van der Waals surface area contributed by atoms with Crippen molar-refractivity contribution < 1.29 is 36.7 Å². The molecule has 0 rings (SSSR count). The molecule has 0 spiro atoms. The van der Waals surface area contributed by atoms with Crippen LogP contribution < -0.4 is 0 Å². The predicted octanol–water partition coefficient (Wildman–Crippen LogP) is 2.18. The fraction of sp³-hybridized carbons (Fsp3) is 0.900. The van der Waals surface area contributed by atoms with E-state index >= 15 is 0 Å². The molecule has 0 aromatic carbocycles. The summed E-state index contributed by atoms with van der Waals surface area (Å²) in [4.78, 5) is 10.2. The first-order valence-electron chi connectivity index (χ1n) is 5.09. The molecule has 0 fully saturated rings. The largest absolute Gasteiger partial charge is 0.479 e. The van der Waals surface area contributed by atoms with Gasteiger partial charge in [0, 0.05) is 21.7 Å². The first-order chi connectivity index (χ1) is 6.18. The van der Waals surface area contributed by atoms with E-state index in [2.05, 4.69) is 6.92 Å². The molecular formula is C10H20O3Ti. The number of aliphatic carboxylic acids is 1. The van der Waals surface area contributed by atoms with Crippen molar-refractivity contribution in [1.29, 1.82) is 0 Å². The van der Waals surface area contributed by atoms with Crippen molar-refractivity contribution in [3.63, 3.8) is 0 Å². The number of carbonyl (C=O) groups is 1. The molecule has 1 unspecified atom stereocenters. The molecule has 0 aromatic heterocycles. The van der Waals surface area contributed by atoms with E-state index in [1.807, 2.05) is 0 Å². The molecule has 0 aromatic rings. The van der Waals surface area contributed by atoms with Gasteiger partial charge in [-0.15, -0.1) is 0 Å². The number of carboxylic acid groups (broad SMARTS) is 1. The van der Waals surface area contributed by atoms with Crippen LogP contribution in [-0.2, 0) is 26.5 Å². The van der Waals surface area contributed by atoms with Crippen molar-refractivity contribution in [3.8, 4) is 0 Å². The summed E-state index contributed by atoms with van der Waals surface area (Å²) in [5, 5.41) is 17.3. The Morgan fingerprint density at radius 1 is 1.14 bits per heavy atom. The first-order valence-corrected chi connectivity index (χ1v) is 5.09. The topological polar surface area (TPSA) is 57.5 Å². The van der Waals surface area contributed by atoms with Gasteiger partial charge in [-0.2, -0.15) is 0 Å². The third-order valence-corrected chi connectivity index (χ3v) is 2.12. The Kier molecular flexibility index (Phi) is 13.3. The summed E-state index contributed by atoms with van der Waals surface area (Å²) < 4.78 is 0. The Morgan fingerprint density at radius 2 is 1.64 bits per heavy atom. The van der Waals surface area contributed by atoms with Crippen LogP contribution in [-0.4, -0.2) is 22.3 Å². The first kappa shape index (κ1) is 16.6. The molecule has 1 atom stereocenters. The van der Waals surface area contributed by atoms with Crippen LogP contribution in [0.4, 0.5) is 0 Å². The Hall–Kier alpha value is 0.144. The van der Waals surface area contributed by atoms with Crippen LogP contribution in [0.15, 0.2) is 0 Å². The summed E-state index contributed by atoms with van der Waals surface area (Å²) in [5.74, 6) is -1.10. The van der Waals surface area contributed by atoms with Crippen LogP contribution in [0.5, 0.6) is 0 Å². The van der Waals surface area contributed by atoms with Crippen LogP contribution in [0, 0.1) is 0 Å². The van der Waals surface area contributed by atoms with Crippen molar-refractivity contribution >= 4 is 5.97 Å². The summed E-state index contributed by atoms with van der Waals surface area (Å²) >= 11 is 0. The number of rotatable bonds is 8. The Balaban J connectivity index is 0. The van der Waals surface area contributed by atoms with Gasteiger partial charge in [0.05, 0.1) is 0 Å². The van der Waals surface area contributed by atoms with Gasteiger partial charge in [0.2, 0.25) is 0 Å². The van der Waals surface area contributed by atoms with Gasteiger partial charge in [-0.25, -0.2) is 4.79 Å². The van der Waals surface area contributed by atoms with Crippen molar-refractivity contribution in [2.45, 2.75) is 58.0 Å². The Morgan fingerprint density at radius 3 is 2.14 bits per heavy atom. The maximum Gasteiger partial charge on any atom is 0.332 e. The van der Waals surface area contributed by atoms with E-state index in [4.69, 9.17) is 10.2 Å². The van der Waals surface area contributed by atoms with Gasteiger partial charge in [0.15, 0.2) is 6.10 Å². The van der Waals surface area contributed by atoms with E-state index in [1.54, 1.807) is 0 Å². The van der Waals surface area contributed by atoms with E-state index in [1.165, 1.54) is 19.3 Å². The number of carboxylic acids is 1. The van der Waals surface area contributed by atoms with Crippen LogP contribution in [0.1, 0.15) is 51.9 Å². The second-order valence-electron chi connectivity index (χ2n) is 3.41. The molecule has 4 heteroatoms. The second kappa shape index (κ2) is 11.2. The zero-order valence-corrected chi connectivity index (χ0v) is 10.4. The predicted molar refractivity (Wildman–Crippen MR) is 51.6 cm³/mol. The van der Waals surface area contributed by atoms with Gasteiger partial charge in [-0.05, 0) is 6.42 Å². The molecule has 0 amide bonds. The molecular weight excluding hydrogens is 216 g/mol. The van der Waals surface area contributed by atoms with Gasteiger partial charge in [-0.1, -0.05) is 45.4 Å². The zero-order chi connectivity index (χ0) is 10.1. The molecule has 0 aliphatic heterocycles. The monoisotopic (exact) mass is 236 g/mol. The zero-order valence-electron chi connectivity index (χ0n) is 8.83. The van der Waals surface area contributed by atoms with E-state index in [9.17, 15) is 4.79 Å².